The number of rotatable bonds is 6. The molecule has 1 aliphatic rings. The summed E-state index contributed by atoms with van der Waals surface area (Å²) in [4.78, 5) is 13.1. The van der Waals surface area contributed by atoms with Gasteiger partial charge in [0.05, 0.1) is 5.92 Å². The zero-order valence-electron chi connectivity index (χ0n) is 23.1. The van der Waals surface area contributed by atoms with Gasteiger partial charge < -0.3 is 24.4 Å². The third-order valence-corrected chi connectivity index (χ3v) is 7.75. The van der Waals surface area contributed by atoms with Crippen molar-refractivity contribution >= 4 is 28.5 Å². The lowest BCUT2D eigenvalue weighted by atomic mass is 9.83. The predicted molar refractivity (Wildman–Crippen MR) is 159 cm³/mol. The van der Waals surface area contributed by atoms with Crippen molar-refractivity contribution in [2.24, 2.45) is 5.73 Å². The summed E-state index contributed by atoms with van der Waals surface area (Å²) in [6.07, 6.45) is 0. The van der Waals surface area contributed by atoms with Crippen molar-refractivity contribution in [3.05, 3.63) is 135 Å². The van der Waals surface area contributed by atoms with Gasteiger partial charge in [-0.05, 0) is 61.4 Å². The number of hydrogen-bond donors (Lipinski definition) is 1. The number of aryl methyl sites for hydroxylation is 2. The first-order chi connectivity index (χ1) is 20.7. The van der Waals surface area contributed by atoms with Crippen molar-refractivity contribution in [1.29, 1.82) is 5.26 Å². The first-order valence-electron chi connectivity index (χ1n) is 13.3. The molecule has 2 N–H and O–H groups in total. The second-order valence-electron chi connectivity index (χ2n) is 10.1. The Morgan fingerprint density at radius 2 is 1.86 bits per heavy atom. The molecule has 0 saturated heterocycles. The molecule has 0 aliphatic carbocycles. The number of esters is 1. The predicted octanol–water partition coefficient (Wildman–Crippen LogP) is 7.86. The Balaban J connectivity index is 1.28. The molecule has 43 heavy (non-hydrogen) atoms. The topological polar surface area (TPSA) is 108 Å². The van der Waals surface area contributed by atoms with Crippen molar-refractivity contribution in [2.75, 3.05) is 0 Å². The fourth-order valence-corrected chi connectivity index (χ4v) is 5.26. The third-order valence-electron chi connectivity index (χ3n) is 7.35. The van der Waals surface area contributed by atoms with Crippen LogP contribution in [0.2, 0.25) is 5.02 Å². The summed E-state index contributed by atoms with van der Waals surface area (Å²) in [5.41, 5.74) is 10.1. The molecular weight excluding hydrogens is 571 g/mol. The average Bonchev–Trinajstić information content (AvgIpc) is 3.31. The largest absolute Gasteiger partial charge is 0.489 e. The fourth-order valence-electron chi connectivity index (χ4n) is 5.09. The quantitative estimate of drug-likeness (QED) is 0.157. The van der Waals surface area contributed by atoms with Crippen LogP contribution in [0.3, 0.4) is 0 Å². The molecule has 0 amide bonds. The maximum atomic E-state index is 14.1. The van der Waals surface area contributed by atoms with Crippen LogP contribution in [-0.4, -0.2) is 5.97 Å². The van der Waals surface area contributed by atoms with E-state index in [4.69, 9.17) is 36.0 Å². The van der Waals surface area contributed by atoms with Gasteiger partial charge in [-0.15, -0.1) is 0 Å². The van der Waals surface area contributed by atoms with Gasteiger partial charge in [0.1, 0.15) is 46.9 Å². The molecule has 0 saturated carbocycles. The number of benzene rings is 4. The minimum atomic E-state index is -0.685. The number of nitriles is 1. The standard InChI is InChI=1S/C34H24ClFN2O5/c1-18-12-29-25(15-27(18)35)19(2)32(42-29)34(39)41-23-10-11-24-30(14-23)43-33(38)26(16-37)31(24)20-7-5-8-22(13-20)40-17-21-6-3-4-9-28(21)36/h3-15,31H,17,38H2,1-2H3. The molecule has 1 aliphatic heterocycles. The van der Waals surface area contributed by atoms with Crippen molar-refractivity contribution in [3.63, 3.8) is 0 Å². The minimum Gasteiger partial charge on any atom is -0.489 e. The van der Waals surface area contributed by atoms with Crippen molar-refractivity contribution in [1.82, 2.24) is 0 Å². The molecule has 1 aromatic heterocycles. The molecule has 0 fully saturated rings. The van der Waals surface area contributed by atoms with Gasteiger partial charge in [-0.1, -0.05) is 48.0 Å². The lowest BCUT2D eigenvalue weighted by Crippen LogP contribution is -2.21. The first kappa shape index (κ1) is 27.9. The third kappa shape index (κ3) is 5.27. The Labute approximate surface area is 251 Å². The highest BCUT2D eigenvalue weighted by atomic mass is 35.5. The van der Waals surface area contributed by atoms with E-state index in [0.717, 1.165) is 10.9 Å². The van der Waals surface area contributed by atoms with Gasteiger partial charge in [-0.3, -0.25) is 0 Å². The number of halogens is 2. The van der Waals surface area contributed by atoms with Gasteiger partial charge >= 0.3 is 5.97 Å². The Morgan fingerprint density at radius 3 is 2.65 bits per heavy atom. The van der Waals surface area contributed by atoms with E-state index in [0.29, 0.717) is 44.4 Å². The van der Waals surface area contributed by atoms with Gasteiger partial charge in [0.2, 0.25) is 11.6 Å². The van der Waals surface area contributed by atoms with Crippen molar-refractivity contribution < 1.29 is 27.8 Å². The summed E-state index contributed by atoms with van der Waals surface area (Å²) < 4.78 is 37.2. The van der Waals surface area contributed by atoms with Gasteiger partial charge in [0.25, 0.3) is 0 Å². The molecule has 0 radical (unpaired) electrons. The molecule has 6 rings (SSSR count). The number of ether oxygens (including phenoxy) is 3. The summed E-state index contributed by atoms with van der Waals surface area (Å²) in [5.74, 6) is -0.608. The molecular formula is C34H24ClFN2O5. The first-order valence-corrected chi connectivity index (χ1v) is 13.7. The van der Waals surface area contributed by atoms with E-state index in [2.05, 4.69) is 6.07 Å². The molecule has 7 nitrogen and oxygen atoms in total. The Hall–Kier alpha value is -5.26. The number of fused-ring (bicyclic) bond motifs is 2. The van der Waals surface area contributed by atoms with Crippen LogP contribution in [0, 0.1) is 31.0 Å². The van der Waals surface area contributed by atoms with Crippen LogP contribution in [0.1, 0.15) is 44.3 Å². The van der Waals surface area contributed by atoms with Crippen LogP contribution in [-0.2, 0) is 6.61 Å². The number of carbonyl (C=O) groups is 1. The highest BCUT2D eigenvalue weighted by Crippen LogP contribution is 2.44. The minimum absolute atomic E-state index is 0.0374. The summed E-state index contributed by atoms with van der Waals surface area (Å²) >= 11 is 6.26. The van der Waals surface area contributed by atoms with Crippen molar-refractivity contribution in [3.8, 4) is 23.3 Å². The number of furan rings is 1. The van der Waals surface area contributed by atoms with Gasteiger partial charge in [0.15, 0.2) is 0 Å². The van der Waals surface area contributed by atoms with E-state index in [9.17, 15) is 14.4 Å². The Morgan fingerprint density at radius 1 is 1.05 bits per heavy atom. The van der Waals surface area contributed by atoms with Crippen LogP contribution in [0.5, 0.6) is 17.2 Å². The van der Waals surface area contributed by atoms with Gasteiger partial charge in [-0.2, -0.15) is 5.26 Å². The fraction of sp³-hybridized carbons (Fsp3) is 0.118. The van der Waals surface area contributed by atoms with E-state index in [1.807, 2.05) is 13.0 Å². The second kappa shape index (κ2) is 11.2. The maximum Gasteiger partial charge on any atom is 0.379 e. The molecule has 1 unspecified atom stereocenters. The number of carbonyl (C=O) groups excluding carboxylic acids is 1. The monoisotopic (exact) mass is 594 g/mol. The normalized spacial score (nSPS) is 14.2. The number of allylic oxidation sites excluding steroid dienone is 1. The average molecular weight is 595 g/mol. The molecule has 0 bridgehead atoms. The van der Waals surface area contributed by atoms with E-state index >= 15 is 0 Å². The van der Waals surface area contributed by atoms with Crippen LogP contribution in [0.25, 0.3) is 11.0 Å². The zero-order chi connectivity index (χ0) is 30.2. The van der Waals surface area contributed by atoms with Gasteiger partial charge in [-0.25, -0.2) is 9.18 Å². The summed E-state index contributed by atoms with van der Waals surface area (Å²) in [6.45, 7) is 3.65. The summed E-state index contributed by atoms with van der Waals surface area (Å²) in [6, 6.07) is 24.1. The highest BCUT2D eigenvalue weighted by molar-refractivity contribution is 6.32. The number of nitrogens with two attached hydrogens (primary N) is 1. The number of nitrogens with zero attached hydrogens (tertiary/aromatic N) is 1. The Bertz CT molecular complexity index is 1990. The molecule has 214 valence electrons. The van der Waals surface area contributed by atoms with E-state index in [-0.39, 0.29) is 35.4 Å². The molecule has 5 aromatic rings. The van der Waals surface area contributed by atoms with Crippen LogP contribution in [0.15, 0.2) is 94.7 Å². The molecule has 9 heteroatoms. The highest BCUT2D eigenvalue weighted by Gasteiger charge is 2.32. The Kier molecular flexibility index (Phi) is 7.26. The second-order valence-corrected chi connectivity index (χ2v) is 10.5. The van der Waals surface area contributed by atoms with E-state index in [1.54, 1.807) is 73.7 Å². The van der Waals surface area contributed by atoms with Crippen LogP contribution >= 0.6 is 11.6 Å². The lowest BCUT2D eigenvalue weighted by Gasteiger charge is -2.27. The smallest absolute Gasteiger partial charge is 0.379 e. The van der Waals surface area contributed by atoms with Crippen LogP contribution < -0.4 is 19.9 Å². The van der Waals surface area contributed by atoms with E-state index in [1.165, 1.54) is 6.07 Å². The summed E-state index contributed by atoms with van der Waals surface area (Å²) in [5, 5.41) is 11.3. The molecule has 2 heterocycles. The maximum absolute atomic E-state index is 14.1. The molecule has 1 atom stereocenters. The van der Waals surface area contributed by atoms with Crippen molar-refractivity contribution in [2.45, 2.75) is 26.4 Å². The molecule has 0 spiro atoms. The lowest BCUT2D eigenvalue weighted by molar-refractivity contribution is 0.0702. The summed E-state index contributed by atoms with van der Waals surface area (Å²) in [7, 11) is 0. The van der Waals surface area contributed by atoms with Crippen LogP contribution in [0.4, 0.5) is 4.39 Å². The number of hydrogen-bond acceptors (Lipinski definition) is 7. The SMILES string of the molecule is Cc1cc2oc(C(=O)Oc3ccc4c(c3)OC(N)=C(C#N)C4c3cccc(OCc4ccccc4F)c3)c(C)c2cc1Cl. The van der Waals surface area contributed by atoms with E-state index < -0.39 is 11.9 Å². The molecule has 4 aromatic carbocycles. The zero-order valence-corrected chi connectivity index (χ0v) is 23.9. The van der Waals surface area contributed by atoms with Gasteiger partial charge in [0, 0.05) is 33.2 Å².